The number of hydrogen-bond donors (Lipinski definition) is 1. The van der Waals surface area contributed by atoms with Crippen molar-refractivity contribution in [2.45, 2.75) is 25.7 Å². The summed E-state index contributed by atoms with van der Waals surface area (Å²) in [4.78, 5) is 2.44. The lowest BCUT2D eigenvalue weighted by atomic mass is 9.95. The third-order valence-electron chi connectivity index (χ3n) is 4.22. The molecule has 1 saturated heterocycles. The zero-order valence-corrected chi connectivity index (χ0v) is 12.4. The summed E-state index contributed by atoms with van der Waals surface area (Å²) in [5.74, 6) is 0.768. The Morgan fingerprint density at radius 1 is 1.30 bits per heavy atom. The molecule has 0 bridgehead atoms. The van der Waals surface area contributed by atoms with Gasteiger partial charge in [-0.15, -0.1) is 0 Å². The molecule has 0 spiro atoms. The van der Waals surface area contributed by atoms with Crippen LogP contribution in [-0.4, -0.2) is 37.6 Å². The van der Waals surface area contributed by atoms with Crippen LogP contribution in [0.2, 0.25) is 0 Å². The Morgan fingerprint density at radius 3 is 2.60 bits per heavy atom. The molecular weight excluding hydrogens is 246 g/mol. The normalized spacial score (nSPS) is 17.9. The minimum atomic E-state index is -0.0159. The second kappa shape index (κ2) is 8.04. The minimum absolute atomic E-state index is 0.0159. The maximum atomic E-state index is 9.44. The Balaban J connectivity index is 1.92. The van der Waals surface area contributed by atoms with Gasteiger partial charge in [0, 0.05) is 13.1 Å². The summed E-state index contributed by atoms with van der Waals surface area (Å²) in [6.45, 7) is 7.48. The van der Waals surface area contributed by atoms with E-state index >= 15 is 0 Å². The smallest absolute Gasteiger partial charge is 0.0839 e. The molecule has 1 aliphatic heterocycles. The number of hydrogen-bond acceptors (Lipinski definition) is 3. The van der Waals surface area contributed by atoms with Crippen molar-refractivity contribution < 1.29 is 0 Å². The molecule has 0 amide bonds. The second-order valence-corrected chi connectivity index (χ2v) is 5.64. The van der Waals surface area contributed by atoms with Gasteiger partial charge in [-0.25, -0.2) is 0 Å². The molecule has 1 N–H and O–H groups in total. The molecule has 0 saturated carbocycles. The third-order valence-corrected chi connectivity index (χ3v) is 4.22. The largest absolute Gasteiger partial charge is 0.317 e. The number of likely N-dealkylation sites (N-methyl/N-ethyl adjacent to an activating group) is 1. The van der Waals surface area contributed by atoms with E-state index in [1.165, 1.54) is 12.8 Å². The summed E-state index contributed by atoms with van der Waals surface area (Å²) in [6.07, 6.45) is 2.53. The van der Waals surface area contributed by atoms with E-state index in [-0.39, 0.29) is 5.92 Å². The van der Waals surface area contributed by atoms with Gasteiger partial charge in [0.05, 0.1) is 12.0 Å². The molecule has 2 rings (SSSR count). The molecule has 0 aromatic heterocycles. The van der Waals surface area contributed by atoms with E-state index in [4.69, 9.17) is 0 Å². The van der Waals surface area contributed by atoms with Gasteiger partial charge >= 0.3 is 0 Å². The zero-order valence-electron chi connectivity index (χ0n) is 12.4. The van der Waals surface area contributed by atoms with E-state index in [9.17, 15) is 5.26 Å². The molecule has 1 heterocycles. The van der Waals surface area contributed by atoms with Crippen LogP contribution < -0.4 is 5.32 Å². The van der Waals surface area contributed by atoms with Crippen molar-refractivity contribution in [3.8, 4) is 6.07 Å². The molecule has 1 unspecified atom stereocenters. The van der Waals surface area contributed by atoms with E-state index in [0.717, 1.165) is 44.2 Å². The quantitative estimate of drug-likeness (QED) is 0.864. The van der Waals surface area contributed by atoms with Crippen molar-refractivity contribution in [2.24, 2.45) is 5.92 Å². The lowest BCUT2D eigenvalue weighted by Gasteiger charge is -2.30. The van der Waals surface area contributed by atoms with Gasteiger partial charge in [0.1, 0.15) is 0 Å². The van der Waals surface area contributed by atoms with Crippen molar-refractivity contribution >= 4 is 0 Å². The lowest BCUT2D eigenvalue weighted by molar-refractivity contribution is 0.210. The minimum Gasteiger partial charge on any atom is -0.317 e. The molecule has 20 heavy (non-hydrogen) atoms. The van der Waals surface area contributed by atoms with Gasteiger partial charge in [-0.1, -0.05) is 37.3 Å². The predicted molar refractivity (Wildman–Crippen MR) is 82.5 cm³/mol. The average molecular weight is 271 g/mol. The van der Waals surface area contributed by atoms with Crippen molar-refractivity contribution in [2.75, 3.05) is 32.7 Å². The summed E-state index contributed by atoms with van der Waals surface area (Å²) in [5, 5.41) is 12.9. The molecule has 3 heteroatoms. The molecule has 1 aromatic carbocycles. The monoisotopic (exact) mass is 271 g/mol. The number of benzene rings is 1. The van der Waals surface area contributed by atoms with Gasteiger partial charge < -0.3 is 10.2 Å². The standard InChI is InChI=1S/C17H25N3/c1-2-20(13-15-8-10-19-11-9-15)14-17(12-18)16-6-4-3-5-7-16/h3-7,15,17,19H,2,8-11,13-14H2,1H3. The van der Waals surface area contributed by atoms with Crippen LogP contribution in [0, 0.1) is 17.2 Å². The first-order valence-corrected chi connectivity index (χ1v) is 7.71. The molecule has 1 fully saturated rings. The Kier molecular flexibility index (Phi) is 6.04. The number of piperidine rings is 1. The number of nitrogens with one attached hydrogen (secondary N) is 1. The first-order valence-electron chi connectivity index (χ1n) is 7.71. The highest BCUT2D eigenvalue weighted by Crippen LogP contribution is 2.19. The van der Waals surface area contributed by atoms with Gasteiger partial charge in [0.25, 0.3) is 0 Å². The number of rotatable bonds is 6. The Labute approximate surface area is 122 Å². The predicted octanol–water partition coefficient (Wildman–Crippen LogP) is 2.62. The van der Waals surface area contributed by atoms with E-state index in [2.05, 4.69) is 35.3 Å². The summed E-state index contributed by atoms with van der Waals surface area (Å²) >= 11 is 0. The Hall–Kier alpha value is -1.37. The summed E-state index contributed by atoms with van der Waals surface area (Å²) in [5.41, 5.74) is 1.14. The van der Waals surface area contributed by atoms with Crippen LogP contribution in [0.5, 0.6) is 0 Å². The van der Waals surface area contributed by atoms with Crippen molar-refractivity contribution in [1.29, 1.82) is 5.26 Å². The van der Waals surface area contributed by atoms with Gasteiger partial charge in [-0.2, -0.15) is 5.26 Å². The van der Waals surface area contributed by atoms with Gasteiger partial charge in [0.15, 0.2) is 0 Å². The fourth-order valence-corrected chi connectivity index (χ4v) is 2.93. The van der Waals surface area contributed by atoms with Crippen LogP contribution in [0.1, 0.15) is 31.2 Å². The van der Waals surface area contributed by atoms with E-state index in [0.29, 0.717) is 0 Å². The summed E-state index contributed by atoms with van der Waals surface area (Å²) in [7, 11) is 0. The molecule has 1 aromatic rings. The third kappa shape index (κ3) is 4.33. The van der Waals surface area contributed by atoms with E-state index < -0.39 is 0 Å². The molecule has 108 valence electrons. The average Bonchev–Trinajstić information content (AvgIpc) is 2.53. The van der Waals surface area contributed by atoms with Crippen LogP contribution in [-0.2, 0) is 0 Å². The highest BCUT2D eigenvalue weighted by Gasteiger charge is 2.19. The van der Waals surface area contributed by atoms with Crippen molar-refractivity contribution in [3.05, 3.63) is 35.9 Å². The van der Waals surface area contributed by atoms with Crippen LogP contribution >= 0.6 is 0 Å². The Bertz CT molecular complexity index is 418. The first kappa shape index (κ1) is 15.0. The fourth-order valence-electron chi connectivity index (χ4n) is 2.93. The Morgan fingerprint density at radius 2 is 2.00 bits per heavy atom. The molecule has 1 aliphatic rings. The van der Waals surface area contributed by atoms with Crippen LogP contribution in [0.25, 0.3) is 0 Å². The van der Waals surface area contributed by atoms with Crippen molar-refractivity contribution in [1.82, 2.24) is 10.2 Å². The highest BCUT2D eigenvalue weighted by molar-refractivity contribution is 5.25. The maximum Gasteiger partial charge on any atom is 0.0839 e. The first-order chi connectivity index (χ1) is 9.83. The number of nitriles is 1. The fraction of sp³-hybridized carbons (Fsp3) is 0.588. The van der Waals surface area contributed by atoms with Crippen LogP contribution in [0.3, 0.4) is 0 Å². The maximum absolute atomic E-state index is 9.44. The zero-order chi connectivity index (χ0) is 14.2. The summed E-state index contributed by atoms with van der Waals surface area (Å²) < 4.78 is 0. The van der Waals surface area contributed by atoms with Crippen molar-refractivity contribution in [3.63, 3.8) is 0 Å². The molecule has 3 nitrogen and oxygen atoms in total. The van der Waals surface area contributed by atoms with E-state index in [1.807, 2.05) is 18.2 Å². The molecule has 1 atom stereocenters. The molecular formula is C17H25N3. The second-order valence-electron chi connectivity index (χ2n) is 5.64. The van der Waals surface area contributed by atoms with Crippen LogP contribution in [0.15, 0.2) is 30.3 Å². The van der Waals surface area contributed by atoms with Crippen LogP contribution in [0.4, 0.5) is 0 Å². The SMILES string of the molecule is CCN(CC1CCNCC1)CC(C#N)c1ccccc1. The lowest BCUT2D eigenvalue weighted by Crippen LogP contribution is -2.37. The topological polar surface area (TPSA) is 39.1 Å². The van der Waals surface area contributed by atoms with Gasteiger partial charge in [-0.05, 0) is 44.0 Å². The van der Waals surface area contributed by atoms with E-state index in [1.54, 1.807) is 0 Å². The number of nitrogens with zero attached hydrogens (tertiary/aromatic N) is 2. The van der Waals surface area contributed by atoms with Gasteiger partial charge in [-0.3, -0.25) is 0 Å². The molecule has 0 radical (unpaired) electrons. The highest BCUT2D eigenvalue weighted by atomic mass is 15.1. The molecule has 0 aliphatic carbocycles. The summed E-state index contributed by atoms with van der Waals surface area (Å²) in [6, 6.07) is 12.6. The van der Waals surface area contributed by atoms with Gasteiger partial charge in [0.2, 0.25) is 0 Å².